The zero-order chi connectivity index (χ0) is 17.4. The van der Waals surface area contributed by atoms with E-state index in [9.17, 15) is 4.79 Å². The fraction of sp³-hybridized carbons (Fsp3) is 0.412. The van der Waals surface area contributed by atoms with E-state index in [0.29, 0.717) is 0 Å². The van der Waals surface area contributed by atoms with Gasteiger partial charge in [-0.15, -0.1) is 11.3 Å². The topological polar surface area (TPSA) is 75.9 Å². The van der Waals surface area contributed by atoms with E-state index in [1.54, 1.807) is 23.9 Å². The highest BCUT2D eigenvalue weighted by atomic mass is 32.1. The molecule has 1 saturated heterocycles. The number of thiophene rings is 1. The van der Waals surface area contributed by atoms with E-state index >= 15 is 0 Å². The molecule has 1 fully saturated rings. The number of carbonyl (C=O) groups is 1. The number of aromatic nitrogens is 4. The van der Waals surface area contributed by atoms with Crippen molar-refractivity contribution in [1.82, 2.24) is 19.7 Å². The van der Waals surface area contributed by atoms with Gasteiger partial charge in [0.15, 0.2) is 0 Å². The summed E-state index contributed by atoms with van der Waals surface area (Å²) >= 11 is 1.60. The maximum Gasteiger partial charge on any atom is 0.250 e. The molecule has 8 heteroatoms. The lowest BCUT2D eigenvalue weighted by molar-refractivity contribution is -0.120. The Hall–Kier alpha value is -2.48. The van der Waals surface area contributed by atoms with E-state index in [1.165, 1.54) is 0 Å². The molecule has 0 radical (unpaired) electrons. The van der Waals surface area contributed by atoms with Crippen molar-refractivity contribution in [3.8, 4) is 0 Å². The molecule has 1 N–H and O–H groups in total. The van der Waals surface area contributed by atoms with Crippen LogP contribution in [0.3, 0.4) is 0 Å². The summed E-state index contributed by atoms with van der Waals surface area (Å²) in [5, 5.41) is 10.7. The number of hydrogen-bond donors (Lipinski definition) is 1. The number of anilines is 2. The molecule has 0 saturated carbocycles. The number of hydrogen-bond acceptors (Lipinski definition) is 6. The van der Waals surface area contributed by atoms with Crippen molar-refractivity contribution < 1.29 is 4.79 Å². The SMILES string of the molecule is CCn1nccc1N1CCC[C@H](Nc2ncnc3scc(C)c23)C1=O. The van der Waals surface area contributed by atoms with Crippen LogP contribution in [0.5, 0.6) is 0 Å². The molecule has 0 bridgehead atoms. The number of aryl methyl sites for hydroxylation is 2. The number of amides is 1. The van der Waals surface area contributed by atoms with Crippen molar-refractivity contribution in [3.05, 3.63) is 29.5 Å². The summed E-state index contributed by atoms with van der Waals surface area (Å²) in [6.07, 6.45) is 5.03. The normalized spacial score (nSPS) is 18.1. The number of carbonyl (C=O) groups excluding carboxylic acids is 1. The van der Waals surface area contributed by atoms with Crippen LogP contribution in [0.1, 0.15) is 25.3 Å². The van der Waals surface area contributed by atoms with Crippen LogP contribution in [0.2, 0.25) is 0 Å². The van der Waals surface area contributed by atoms with Gasteiger partial charge in [-0.1, -0.05) is 0 Å². The first-order valence-electron chi connectivity index (χ1n) is 8.47. The molecule has 3 aromatic rings. The predicted molar refractivity (Wildman–Crippen MR) is 99.1 cm³/mol. The van der Waals surface area contributed by atoms with Gasteiger partial charge in [0.25, 0.3) is 5.91 Å². The molecule has 7 nitrogen and oxygen atoms in total. The summed E-state index contributed by atoms with van der Waals surface area (Å²) in [5.74, 6) is 1.67. The van der Waals surface area contributed by atoms with Gasteiger partial charge in [-0.05, 0) is 37.6 Å². The van der Waals surface area contributed by atoms with Gasteiger partial charge >= 0.3 is 0 Å². The van der Waals surface area contributed by atoms with Gasteiger partial charge in [0.2, 0.25) is 0 Å². The molecule has 0 unspecified atom stereocenters. The summed E-state index contributed by atoms with van der Waals surface area (Å²) in [7, 11) is 0. The molecule has 1 atom stereocenters. The molecule has 1 amide bonds. The van der Waals surface area contributed by atoms with E-state index in [1.807, 2.05) is 29.5 Å². The maximum atomic E-state index is 13.0. The predicted octanol–water partition coefficient (Wildman–Crippen LogP) is 2.82. The average Bonchev–Trinajstić information content (AvgIpc) is 3.24. The molecule has 4 rings (SSSR count). The number of nitrogens with zero attached hydrogens (tertiary/aromatic N) is 5. The average molecular weight is 356 g/mol. The lowest BCUT2D eigenvalue weighted by atomic mass is 10.0. The molecule has 1 aliphatic rings. The smallest absolute Gasteiger partial charge is 0.250 e. The summed E-state index contributed by atoms with van der Waals surface area (Å²) in [6.45, 7) is 5.53. The molecule has 0 aliphatic carbocycles. The van der Waals surface area contributed by atoms with Gasteiger partial charge in [0.1, 0.15) is 28.8 Å². The van der Waals surface area contributed by atoms with Crippen LogP contribution < -0.4 is 10.2 Å². The van der Waals surface area contributed by atoms with Gasteiger partial charge in [0, 0.05) is 19.2 Å². The molecule has 3 aromatic heterocycles. The largest absolute Gasteiger partial charge is 0.358 e. The lowest BCUT2D eigenvalue weighted by Gasteiger charge is -2.32. The summed E-state index contributed by atoms with van der Waals surface area (Å²) in [5.41, 5.74) is 1.13. The first-order chi connectivity index (χ1) is 12.2. The number of rotatable bonds is 4. The minimum atomic E-state index is -0.286. The quantitative estimate of drug-likeness (QED) is 0.778. The highest BCUT2D eigenvalue weighted by molar-refractivity contribution is 7.17. The fourth-order valence-corrected chi connectivity index (χ4v) is 4.22. The monoisotopic (exact) mass is 356 g/mol. The van der Waals surface area contributed by atoms with Crippen LogP contribution in [-0.2, 0) is 11.3 Å². The van der Waals surface area contributed by atoms with E-state index in [4.69, 9.17) is 0 Å². The summed E-state index contributed by atoms with van der Waals surface area (Å²) in [4.78, 5) is 24.5. The summed E-state index contributed by atoms with van der Waals surface area (Å²) < 4.78 is 1.85. The van der Waals surface area contributed by atoms with Crippen LogP contribution in [0.4, 0.5) is 11.6 Å². The van der Waals surface area contributed by atoms with Crippen LogP contribution in [-0.4, -0.2) is 38.2 Å². The van der Waals surface area contributed by atoms with Crippen molar-refractivity contribution in [2.24, 2.45) is 0 Å². The molecular formula is C17H20N6OS. The highest BCUT2D eigenvalue weighted by Gasteiger charge is 2.31. The Balaban J connectivity index is 1.62. The first-order valence-corrected chi connectivity index (χ1v) is 9.35. The standard InChI is InChI=1S/C17H20N6OS/c1-3-23-13(6-7-20-23)22-8-4-5-12(17(22)24)21-15-14-11(2)9-25-16(14)19-10-18-15/h6-7,9-10,12H,3-5,8H2,1-2H3,(H,18,19,21)/t12-/m0/s1. The Morgan fingerprint density at radius 1 is 1.40 bits per heavy atom. The van der Waals surface area contributed by atoms with Gasteiger partial charge < -0.3 is 5.32 Å². The minimum absolute atomic E-state index is 0.0705. The van der Waals surface area contributed by atoms with Crippen LogP contribution in [0.15, 0.2) is 24.0 Å². The second-order valence-corrected chi connectivity index (χ2v) is 7.01. The van der Waals surface area contributed by atoms with E-state index < -0.39 is 0 Å². The maximum absolute atomic E-state index is 13.0. The Labute approximate surface area is 149 Å². The van der Waals surface area contributed by atoms with E-state index in [-0.39, 0.29) is 11.9 Å². The second-order valence-electron chi connectivity index (χ2n) is 6.16. The third kappa shape index (κ3) is 2.76. The minimum Gasteiger partial charge on any atom is -0.358 e. The Kier molecular flexibility index (Phi) is 4.12. The molecule has 130 valence electrons. The van der Waals surface area contributed by atoms with Crippen molar-refractivity contribution in [1.29, 1.82) is 0 Å². The number of fused-ring (bicyclic) bond motifs is 1. The van der Waals surface area contributed by atoms with Gasteiger partial charge in [0.05, 0.1) is 11.6 Å². The third-order valence-electron chi connectivity index (χ3n) is 4.57. The lowest BCUT2D eigenvalue weighted by Crippen LogP contribution is -2.48. The Bertz CT molecular complexity index is 917. The fourth-order valence-electron chi connectivity index (χ4n) is 3.33. The van der Waals surface area contributed by atoms with Crippen molar-refractivity contribution in [3.63, 3.8) is 0 Å². The van der Waals surface area contributed by atoms with E-state index in [0.717, 1.165) is 53.3 Å². The first kappa shape index (κ1) is 16.0. The molecule has 4 heterocycles. The van der Waals surface area contributed by atoms with Crippen LogP contribution in [0.25, 0.3) is 10.2 Å². The van der Waals surface area contributed by atoms with Crippen molar-refractivity contribution in [2.75, 3.05) is 16.8 Å². The van der Waals surface area contributed by atoms with Gasteiger partial charge in [-0.3, -0.25) is 9.69 Å². The van der Waals surface area contributed by atoms with Gasteiger partial charge in [-0.25, -0.2) is 14.6 Å². The van der Waals surface area contributed by atoms with Crippen LogP contribution in [0, 0.1) is 6.92 Å². The van der Waals surface area contributed by atoms with Crippen LogP contribution >= 0.6 is 11.3 Å². The second kappa shape index (κ2) is 6.44. The Morgan fingerprint density at radius 2 is 2.28 bits per heavy atom. The third-order valence-corrected chi connectivity index (χ3v) is 5.58. The highest BCUT2D eigenvalue weighted by Crippen LogP contribution is 2.30. The molecule has 25 heavy (non-hydrogen) atoms. The zero-order valence-corrected chi connectivity index (χ0v) is 15.1. The number of nitrogens with one attached hydrogen (secondary N) is 1. The molecule has 0 spiro atoms. The zero-order valence-electron chi connectivity index (χ0n) is 14.3. The molecule has 1 aliphatic heterocycles. The number of piperidine rings is 1. The van der Waals surface area contributed by atoms with E-state index in [2.05, 4.69) is 25.8 Å². The van der Waals surface area contributed by atoms with Crippen molar-refractivity contribution in [2.45, 2.75) is 39.3 Å². The molecular weight excluding hydrogens is 336 g/mol. The Morgan fingerprint density at radius 3 is 3.12 bits per heavy atom. The van der Waals surface area contributed by atoms with Crippen molar-refractivity contribution >= 4 is 39.1 Å². The van der Waals surface area contributed by atoms with Gasteiger partial charge in [-0.2, -0.15) is 5.10 Å². The summed E-state index contributed by atoms with van der Waals surface area (Å²) in [6, 6.07) is 1.61. The molecule has 0 aromatic carbocycles.